The zero-order valence-electron chi connectivity index (χ0n) is 12.4. The molecule has 0 saturated carbocycles. The quantitative estimate of drug-likeness (QED) is 0.890. The lowest BCUT2D eigenvalue weighted by molar-refractivity contribution is 0.167. The molecular formula is C18H22O2. The van der Waals surface area contributed by atoms with Crippen LogP contribution in [0.2, 0.25) is 0 Å². The van der Waals surface area contributed by atoms with E-state index in [-0.39, 0.29) is 0 Å². The highest BCUT2D eigenvalue weighted by molar-refractivity contribution is 5.35. The van der Waals surface area contributed by atoms with Crippen LogP contribution in [0.4, 0.5) is 0 Å². The van der Waals surface area contributed by atoms with Crippen LogP contribution >= 0.6 is 0 Å². The number of benzene rings is 2. The minimum absolute atomic E-state index is 0.406. The smallest absolute Gasteiger partial charge is 0.118 e. The first-order chi connectivity index (χ1) is 9.61. The van der Waals surface area contributed by atoms with E-state index in [1.165, 1.54) is 16.7 Å². The van der Waals surface area contributed by atoms with Crippen molar-refractivity contribution in [3.05, 3.63) is 64.7 Å². The maximum absolute atomic E-state index is 10.4. The summed E-state index contributed by atoms with van der Waals surface area (Å²) in [4.78, 5) is 0. The number of ether oxygens (including phenoxy) is 1. The Hall–Kier alpha value is -1.80. The van der Waals surface area contributed by atoms with Crippen LogP contribution in [0.5, 0.6) is 5.75 Å². The average Bonchev–Trinajstić information content (AvgIpc) is 2.48. The van der Waals surface area contributed by atoms with Crippen LogP contribution in [0.15, 0.2) is 42.5 Å². The number of aryl methyl sites for hydroxylation is 2. The van der Waals surface area contributed by atoms with Crippen molar-refractivity contribution in [2.24, 2.45) is 0 Å². The van der Waals surface area contributed by atoms with E-state index in [2.05, 4.69) is 32.0 Å². The fourth-order valence-corrected chi connectivity index (χ4v) is 2.39. The van der Waals surface area contributed by atoms with Crippen molar-refractivity contribution < 1.29 is 9.84 Å². The van der Waals surface area contributed by atoms with Crippen molar-refractivity contribution in [1.82, 2.24) is 0 Å². The lowest BCUT2D eigenvalue weighted by atomic mass is 9.95. The lowest BCUT2D eigenvalue weighted by Gasteiger charge is -2.15. The molecule has 2 rings (SSSR count). The summed E-state index contributed by atoms with van der Waals surface area (Å²) in [5, 5.41) is 10.4. The van der Waals surface area contributed by atoms with Gasteiger partial charge in [0.05, 0.1) is 13.2 Å². The summed E-state index contributed by atoms with van der Waals surface area (Å²) in [6, 6.07) is 14.1. The molecule has 0 saturated heterocycles. The van der Waals surface area contributed by atoms with Gasteiger partial charge in [-0.25, -0.2) is 0 Å². The van der Waals surface area contributed by atoms with Crippen molar-refractivity contribution in [3.8, 4) is 5.75 Å². The first kappa shape index (κ1) is 14.6. The lowest BCUT2D eigenvalue weighted by Crippen LogP contribution is -2.03. The second-order valence-electron chi connectivity index (χ2n) is 5.19. The summed E-state index contributed by atoms with van der Waals surface area (Å²) in [5.74, 6) is 0.865. The maximum atomic E-state index is 10.4. The number of hydrogen-bond acceptors (Lipinski definition) is 2. The van der Waals surface area contributed by atoms with E-state index in [1.807, 2.05) is 24.3 Å². The van der Waals surface area contributed by atoms with Crippen LogP contribution in [-0.4, -0.2) is 12.2 Å². The van der Waals surface area contributed by atoms with E-state index in [0.29, 0.717) is 0 Å². The molecule has 0 aliphatic carbocycles. The van der Waals surface area contributed by atoms with Gasteiger partial charge in [0, 0.05) is 0 Å². The van der Waals surface area contributed by atoms with Gasteiger partial charge in [0.15, 0.2) is 0 Å². The number of aliphatic hydroxyl groups is 1. The minimum Gasteiger partial charge on any atom is -0.497 e. The van der Waals surface area contributed by atoms with Gasteiger partial charge >= 0.3 is 0 Å². The molecule has 2 aromatic rings. The molecule has 1 unspecified atom stereocenters. The zero-order valence-corrected chi connectivity index (χ0v) is 12.4. The molecule has 0 aliphatic rings. The Morgan fingerprint density at radius 1 is 1.05 bits per heavy atom. The van der Waals surface area contributed by atoms with Crippen LogP contribution in [0.1, 0.15) is 34.8 Å². The number of aliphatic hydroxyl groups excluding tert-OH is 1. The SMILES string of the molecule is COc1ccc(CCC(O)c2cccc(C)c2C)cc1. The van der Waals surface area contributed by atoms with Crippen LogP contribution in [0.25, 0.3) is 0 Å². The summed E-state index contributed by atoms with van der Waals surface area (Å²) in [7, 11) is 1.67. The summed E-state index contributed by atoms with van der Waals surface area (Å²) in [6.45, 7) is 4.15. The Labute approximate surface area is 121 Å². The van der Waals surface area contributed by atoms with Crippen molar-refractivity contribution in [1.29, 1.82) is 0 Å². The Morgan fingerprint density at radius 2 is 1.75 bits per heavy atom. The van der Waals surface area contributed by atoms with Crippen LogP contribution in [-0.2, 0) is 6.42 Å². The molecule has 1 atom stereocenters. The highest BCUT2D eigenvalue weighted by Crippen LogP contribution is 2.24. The molecule has 0 radical (unpaired) electrons. The molecule has 0 amide bonds. The number of methoxy groups -OCH3 is 1. The normalized spacial score (nSPS) is 12.2. The molecule has 0 heterocycles. The fourth-order valence-electron chi connectivity index (χ4n) is 2.39. The Bertz CT molecular complexity index is 558. The van der Waals surface area contributed by atoms with Gasteiger partial charge in [-0.2, -0.15) is 0 Å². The summed E-state index contributed by atoms with van der Waals surface area (Å²) in [5.41, 5.74) is 4.68. The monoisotopic (exact) mass is 270 g/mol. The predicted octanol–water partition coefficient (Wildman–Crippen LogP) is 3.98. The van der Waals surface area contributed by atoms with Gasteiger partial charge in [0.1, 0.15) is 5.75 Å². The second-order valence-corrected chi connectivity index (χ2v) is 5.19. The molecular weight excluding hydrogens is 248 g/mol. The zero-order chi connectivity index (χ0) is 14.5. The summed E-state index contributed by atoms with van der Waals surface area (Å²) in [6.07, 6.45) is 1.19. The van der Waals surface area contributed by atoms with Gasteiger partial charge in [-0.1, -0.05) is 30.3 Å². The molecule has 2 nitrogen and oxygen atoms in total. The third-order valence-corrected chi connectivity index (χ3v) is 3.87. The van der Waals surface area contributed by atoms with Gasteiger partial charge in [-0.05, 0) is 61.1 Å². The van der Waals surface area contributed by atoms with E-state index in [1.54, 1.807) is 7.11 Å². The molecule has 0 fully saturated rings. The Morgan fingerprint density at radius 3 is 2.40 bits per heavy atom. The van der Waals surface area contributed by atoms with Gasteiger partial charge in [0.25, 0.3) is 0 Å². The van der Waals surface area contributed by atoms with Crippen LogP contribution in [0.3, 0.4) is 0 Å². The maximum Gasteiger partial charge on any atom is 0.118 e. The molecule has 0 spiro atoms. The van der Waals surface area contributed by atoms with Crippen LogP contribution < -0.4 is 4.74 Å². The number of rotatable bonds is 5. The molecule has 1 N–H and O–H groups in total. The van der Waals surface area contributed by atoms with E-state index in [0.717, 1.165) is 24.2 Å². The predicted molar refractivity (Wildman–Crippen MR) is 82.2 cm³/mol. The summed E-state index contributed by atoms with van der Waals surface area (Å²) >= 11 is 0. The van der Waals surface area contributed by atoms with Gasteiger partial charge in [0.2, 0.25) is 0 Å². The largest absolute Gasteiger partial charge is 0.497 e. The molecule has 106 valence electrons. The molecule has 0 aromatic heterocycles. The third kappa shape index (κ3) is 3.40. The first-order valence-electron chi connectivity index (χ1n) is 6.99. The van der Waals surface area contributed by atoms with E-state index < -0.39 is 6.10 Å². The standard InChI is InChI=1S/C18H22O2/c1-13-5-4-6-17(14(13)2)18(19)12-9-15-7-10-16(20-3)11-8-15/h4-8,10-11,18-19H,9,12H2,1-3H3. The molecule has 0 bridgehead atoms. The van der Waals surface area contributed by atoms with Crippen molar-refractivity contribution in [2.45, 2.75) is 32.8 Å². The summed E-state index contributed by atoms with van der Waals surface area (Å²) < 4.78 is 5.14. The molecule has 2 heteroatoms. The van der Waals surface area contributed by atoms with Crippen molar-refractivity contribution in [3.63, 3.8) is 0 Å². The van der Waals surface area contributed by atoms with Gasteiger partial charge < -0.3 is 9.84 Å². The first-order valence-corrected chi connectivity index (χ1v) is 6.99. The van der Waals surface area contributed by atoms with E-state index in [9.17, 15) is 5.11 Å². The molecule has 2 aromatic carbocycles. The van der Waals surface area contributed by atoms with Crippen molar-refractivity contribution in [2.75, 3.05) is 7.11 Å². The molecule has 0 aliphatic heterocycles. The second kappa shape index (κ2) is 6.58. The van der Waals surface area contributed by atoms with Crippen LogP contribution in [0, 0.1) is 13.8 Å². The highest BCUT2D eigenvalue weighted by atomic mass is 16.5. The fraction of sp³-hybridized carbons (Fsp3) is 0.333. The third-order valence-electron chi connectivity index (χ3n) is 3.87. The van der Waals surface area contributed by atoms with E-state index in [4.69, 9.17) is 4.74 Å². The van der Waals surface area contributed by atoms with Gasteiger partial charge in [-0.3, -0.25) is 0 Å². The van der Waals surface area contributed by atoms with Crippen molar-refractivity contribution >= 4 is 0 Å². The topological polar surface area (TPSA) is 29.5 Å². The highest BCUT2D eigenvalue weighted by Gasteiger charge is 2.11. The number of hydrogen-bond donors (Lipinski definition) is 1. The Balaban J connectivity index is 2.00. The van der Waals surface area contributed by atoms with E-state index >= 15 is 0 Å². The average molecular weight is 270 g/mol. The minimum atomic E-state index is -0.406. The molecule has 20 heavy (non-hydrogen) atoms. The van der Waals surface area contributed by atoms with Gasteiger partial charge in [-0.15, -0.1) is 0 Å². The Kier molecular flexibility index (Phi) is 4.80.